The normalized spacial score (nSPS) is 23.5. The number of likely N-dealkylation sites (N-methyl/N-ethyl adjacent to an activating group) is 1. The zero-order valence-corrected chi connectivity index (χ0v) is 13.2. The number of aryl methyl sites for hydroxylation is 1. The van der Waals surface area contributed by atoms with Crippen LogP contribution in [0.15, 0.2) is 18.2 Å². The molecule has 0 aromatic heterocycles. The molecule has 1 aromatic carbocycles. The molecule has 0 bridgehead atoms. The molecule has 2 N–H and O–H groups in total. The Morgan fingerprint density at radius 3 is 2.85 bits per heavy atom. The first-order chi connectivity index (χ1) is 9.58. The number of benzene rings is 1. The summed E-state index contributed by atoms with van der Waals surface area (Å²) in [5, 5.41) is 0. The van der Waals surface area contributed by atoms with Crippen molar-refractivity contribution in [1.29, 1.82) is 0 Å². The molecule has 0 radical (unpaired) electrons. The van der Waals surface area contributed by atoms with E-state index < -0.39 is 0 Å². The largest absolute Gasteiger partial charge is 0.497 e. The summed E-state index contributed by atoms with van der Waals surface area (Å²) in [7, 11) is 3.93. The Balaban J connectivity index is 2.19. The van der Waals surface area contributed by atoms with Gasteiger partial charge in [-0.05, 0) is 56.5 Å². The van der Waals surface area contributed by atoms with E-state index in [1.165, 1.54) is 24.0 Å². The molecule has 20 heavy (non-hydrogen) atoms. The Labute approximate surface area is 123 Å². The third kappa shape index (κ3) is 2.99. The van der Waals surface area contributed by atoms with Gasteiger partial charge in [0.15, 0.2) is 0 Å². The molecule has 2 rings (SSSR count). The molecule has 3 nitrogen and oxygen atoms in total. The lowest BCUT2D eigenvalue weighted by Crippen LogP contribution is -2.47. The van der Waals surface area contributed by atoms with Crippen LogP contribution in [-0.4, -0.2) is 31.1 Å². The minimum absolute atomic E-state index is 0.0816. The lowest BCUT2D eigenvalue weighted by Gasteiger charge is -2.40. The van der Waals surface area contributed by atoms with E-state index in [0.29, 0.717) is 12.1 Å². The van der Waals surface area contributed by atoms with Crippen molar-refractivity contribution in [2.75, 3.05) is 14.2 Å². The Kier molecular flexibility index (Phi) is 5.06. The number of hydrogen-bond donors (Lipinski definition) is 1. The lowest BCUT2D eigenvalue weighted by atomic mass is 9.83. The summed E-state index contributed by atoms with van der Waals surface area (Å²) in [4.78, 5) is 2.47. The first-order valence-electron chi connectivity index (χ1n) is 7.72. The van der Waals surface area contributed by atoms with Crippen LogP contribution < -0.4 is 10.5 Å². The minimum atomic E-state index is 0.0816. The molecule has 1 aliphatic rings. The number of hydrogen-bond acceptors (Lipinski definition) is 3. The third-order valence-electron chi connectivity index (χ3n) is 4.76. The molecule has 0 fully saturated rings. The molecular weight excluding hydrogens is 248 g/mol. The van der Waals surface area contributed by atoms with E-state index in [4.69, 9.17) is 10.5 Å². The summed E-state index contributed by atoms with van der Waals surface area (Å²) in [6.07, 6.45) is 4.70. The average Bonchev–Trinajstić information content (AvgIpc) is 2.47. The molecule has 0 spiro atoms. The van der Waals surface area contributed by atoms with Crippen molar-refractivity contribution in [3.8, 4) is 5.75 Å². The minimum Gasteiger partial charge on any atom is -0.497 e. The fourth-order valence-corrected chi connectivity index (χ4v) is 3.33. The second kappa shape index (κ2) is 6.59. The van der Waals surface area contributed by atoms with E-state index in [1.54, 1.807) is 7.11 Å². The number of methoxy groups -OCH3 is 1. The van der Waals surface area contributed by atoms with Crippen LogP contribution in [0.4, 0.5) is 0 Å². The van der Waals surface area contributed by atoms with Gasteiger partial charge in [-0.15, -0.1) is 0 Å². The van der Waals surface area contributed by atoms with Crippen LogP contribution in [0, 0.1) is 0 Å². The van der Waals surface area contributed by atoms with Crippen LogP contribution >= 0.6 is 0 Å². The maximum absolute atomic E-state index is 6.55. The summed E-state index contributed by atoms with van der Waals surface area (Å²) in [5.74, 6) is 0.907. The van der Waals surface area contributed by atoms with Crippen molar-refractivity contribution in [2.24, 2.45) is 5.73 Å². The maximum atomic E-state index is 6.55. The summed E-state index contributed by atoms with van der Waals surface area (Å²) >= 11 is 0. The van der Waals surface area contributed by atoms with E-state index in [1.807, 2.05) is 6.07 Å². The van der Waals surface area contributed by atoms with Crippen molar-refractivity contribution < 1.29 is 4.74 Å². The van der Waals surface area contributed by atoms with Crippen LogP contribution in [0.3, 0.4) is 0 Å². The molecular formula is C17H28N2O. The second-order valence-corrected chi connectivity index (χ2v) is 6.00. The van der Waals surface area contributed by atoms with Gasteiger partial charge in [-0.1, -0.05) is 19.4 Å². The predicted octanol–water partition coefficient (Wildman–Crippen LogP) is 3.13. The zero-order valence-electron chi connectivity index (χ0n) is 13.2. The highest BCUT2D eigenvalue weighted by Gasteiger charge is 2.31. The van der Waals surface area contributed by atoms with Crippen molar-refractivity contribution in [1.82, 2.24) is 4.90 Å². The van der Waals surface area contributed by atoms with Crippen LogP contribution in [0.5, 0.6) is 5.75 Å². The Morgan fingerprint density at radius 2 is 2.20 bits per heavy atom. The molecule has 0 saturated heterocycles. The molecule has 0 aliphatic heterocycles. The summed E-state index contributed by atoms with van der Waals surface area (Å²) in [5.41, 5.74) is 9.19. The van der Waals surface area contributed by atoms with Gasteiger partial charge in [-0.3, -0.25) is 4.90 Å². The molecule has 3 heteroatoms. The van der Waals surface area contributed by atoms with Crippen LogP contribution in [0.25, 0.3) is 0 Å². The SMILES string of the molecule is CCCC(C)N(C)C1CCc2ccc(OC)cc2C1N. The Bertz CT molecular complexity index is 447. The van der Waals surface area contributed by atoms with Crippen LogP contribution in [-0.2, 0) is 6.42 Å². The topological polar surface area (TPSA) is 38.5 Å². The summed E-state index contributed by atoms with van der Waals surface area (Å²) in [6, 6.07) is 7.41. The molecule has 0 amide bonds. The molecule has 3 atom stereocenters. The highest BCUT2D eigenvalue weighted by molar-refractivity contribution is 5.40. The van der Waals surface area contributed by atoms with Crippen molar-refractivity contribution in [3.63, 3.8) is 0 Å². The number of ether oxygens (including phenoxy) is 1. The van der Waals surface area contributed by atoms with Crippen molar-refractivity contribution >= 4 is 0 Å². The van der Waals surface area contributed by atoms with Crippen molar-refractivity contribution in [2.45, 2.75) is 57.7 Å². The number of fused-ring (bicyclic) bond motifs is 1. The summed E-state index contributed by atoms with van der Waals surface area (Å²) in [6.45, 7) is 4.54. The highest BCUT2D eigenvalue weighted by atomic mass is 16.5. The molecule has 0 saturated carbocycles. The van der Waals surface area contributed by atoms with Gasteiger partial charge in [-0.25, -0.2) is 0 Å². The van der Waals surface area contributed by atoms with E-state index in [9.17, 15) is 0 Å². The van der Waals surface area contributed by atoms with Gasteiger partial charge in [0.2, 0.25) is 0 Å². The number of nitrogens with two attached hydrogens (primary N) is 1. The predicted molar refractivity (Wildman–Crippen MR) is 84.2 cm³/mol. The zero-order chi connectivity index (χ0) is 14.7. The van der Waals surface area contributed by atoms with E-state index in [2.05, 4.69) is 37.9 Å². The maximum Gasteiger partial charge on any atom is 0.119 e. The first kappa shape index (κ1) is 15.3. The first-order valence-corrected chi connectivity index (χ1v) is 7.72. The third-order valence-corrected chi connectivity index (χ3v) is 4.76. The molecule has 1 aliphatic carbocycles. The summed E-state index contributed by atoms with van der Waals surface area (Å²) < 4.78 is 5.34. The van der Waals surface area contributed by atoms with Gasteiger partial charge in [-0.2, -0.15) is 0 Å². The smallest absolute Gasteiger partial charge is 0.119 e. The molecule has 3 unspecified atom stereocenters. The van der Waals surface area contributed by atoms with E-state index in [-0.39, 0.29) is 6.04 Å². The van der Waals surface area contributed by atoms with E-state index >= 15 is 0 Å². The number of rotatable bonds is 5. The Hall–Kier alpha value is -1.06. The lowest BCUT2D eigenvalue weighted by molar-refractivity contribution is 0.138. The van der Waals surface area contributed by atoms with Crippen molar-refractivity contribution in [3.05, 3.63) is 29.3 Å². The average molecular weight is 276 g/mol. The molecule has 112 valence electrons. The van der Waals surface area contributed by atoms with Gasteiger partial charge in [0.05, 0.1) is 7.11 Å². The van der Waals surface area contributed by atoms with E-state index in [0.717, 1.165) is 18.6 Å². The van der Waals surface area contributed by atoms with Crippen LogP contribution in [0.1, 0.15) is 50.3 Å². The van der Waals surface area contributed by atoms with Gasteiger partial charge in [0.1, 0.15) is 5.75 Å². The quantitative estimate of drug-likeness (QED) is 0.898. The van der Waals surface area contributed by atoms with Crippen LogP contribution in [0.2, 0.25) is 0 Å². The fraction of sp³-hybridized carbons (Fsp3) is 0.647. The fourth-order valence-electron chi connectivity index (χ4n) is 3.33. The molecule has 1 aromatic rings. The van der Waals surface area contributed by atoms with Gasteiger partial charge in [0.25, 0.3) is 0 Å². The van der Waals surface area contributed by atoms with Gasteiger partial charge in [0, 0.05) is 18.1 Å². The standard InChI is InChI=1S/C17H28N2O/c1-5-6-12(2)19(3)16-10-8-13-7-9-14(20-4)11-15(13)17(16)18/h7,9,11-12,16-17H,5-6,8,10,18H2,1-4H3. The van der Waals surface area contributed by atoms with Gasteiger partial charge >= 0.3 is 0 Å². The monoisotopic (exact) mass is 276 g/mol. The van der Waals surface area contributed by atoms with Gasteiger partial charge < -0.3 is 10.5 Å². The molecule has 0 heterocycles. The Morgan fingerprint density at radius 1 is 1.45 bits per heavy atom. The second-order valence-electron chi connectivity index (χ2n) is 6.00. The highest BCUT2D eigenvalue weighted by Crippen LogP contribution is 2.34. The number of nitrogens with zero attached hydrogens (tertiary/aromatic N) is 1.